The molecule has 1 fully saturated rings. The second kappa shape index (κ2) is 11.0. The van der Waals surface area contributed by atoms with Crippen molar-refractivity contribution in [2.75, 3.05) is 26.7 Å². The molecule has 0 aliphatic carbocycles. The quantitative estimate of drug-likeness (QED) is 0.528. The van der Waals surface area contributed by atoms with Crippen LogP contribution >= 0.6 is 0 Å². The van der Waals surface area contributed by atoms with Gasteiger partial charge in [0.25, 0.3) is 5.91 Å². The van der Waals surface area contributed by atoms with Gasteiger partial charge in [-0.2, -0.15) is 0 Å². The lowest BCUT2D eigenvalue weighted by Gasteiger charge is -2.32. The lowest BCUT2D eigenvalue weighted by atomic mass is 9.94. The fourth-order valence-electron chi connectivity index (χ4n) is 4.42. The molecule has 3 heterocycles. The Kier molecular flexibility index (Phi) is 7.62. The number of carbonyl (C=O) groups excluding carboxylic acids is 1. The Balaban J connectivity index is 1.29. The summed E-state index contributed by atoms with van der Waals surface area (Å²) in [6.45, 7) is 3.69. The number of aromatic nitrogens is 2. The van der Waals surface area contributed by atoms with E-state index in [4.69, 9.17) is 0 Å². The van der Waals surface area contributed by atoms with E-state index in [9.17, 15) is 4.79 Å². The Morgan fingerprint density at radius 3 is 2.66 bits per heavy atom. The lowest BCUT2D eigenvalue weighted by molar-refractivity contribution is 0.0793. The Hall–Kier alpha value is -3.05. The van der Waals surface area contributed by atoms with E-state index in [1.54, 1.807) is 11.1 Å². The van der Waals surface area contributed by atoms with Crippen LogP contribution in [0.25, 0.3) is 0 Å². The maximum absolute atomic E-state index is 12.8. The number of amides is 1. The van der Waals surface area contributed by atoms with Crippen LogP contribution in [0.1, 0.15) is 52.5 Å². The van der Waals surface area contributed by atoms with Crippen LogP contribution in [0, 0.1) is 0 Å². The third kappa shape index (κ3) is 6.01. The molecule has 0 spiro atoms. The van der Waals surface area contributed by atoms with Gasteiger partial charge in [0.1, 0.15) is 0 Å². The van der Waals surface area contributed by atoms with Crippen molar-refractivity contribution in [3.05, 3.63) is 95.6 Å². The van der Waals surface area contributed by atoms with Gasteiger partial charge in [-0.15, -0.1) is 0 Å². The molecular weight excluding hydrogens is 396 g/mol. The predicted molar refractivity (Wildman–Crippen MR) is 127 cm³/mol. The van der Waals surface area contributed by atoms with E-state index in [1.165, 1.54) is 5.56 Å². The molecule has 1 amide bonds. The number of aryl methyl sites for hydroxylation is 1. The Labute approximate surface area is 191 Å². The maximum atomic E-state index is 12.8. The minimum absolute atomic E-state index is 0.0394. The summed E-state index contributed by atoms with van der Waals surface area (Å²) in [5.41, 5.74) is 4.16. The van der Waals surface area contributed by atoms with E-state index < -0.39 is 0 Å². The van der Waals surface area contributed by atoms with Gasteiger partial charge < -0.3 is 4.90 Å². The highest BCUT2D eigenvalue weighted by Gasteiger charge is 2.23. The summed E-state index contributed by atoms with van der Waals surface area (Å²) in [7, 11) is 1.87. The predicted octanol–water partition coefficient (Wildman–Crippen LogP) is 4.56. The van der Waals surface area contributed by atoms with E-state index in [-0.39, 0.29) is 5.91 Å². The number of pyridine rings is 2. The number of hydrogen-bond donors (Lipinski definition) is 0. The van der Waals surface area contributed by atoms with Gasteiger partial charge in [0, 0.05) is 50.7 Å². The summed E-state index contributed by atoms with van der Waals surface area (Å²) in [4.78, 5) is 26.2. The first kappa shape index (κ1) is 22.2. The molecule has 1 aromatic carbocycles. The summed E-state index contributed by atoms with van der Waals surface area (Å²) in [6.07, 6.45) is 7.83. The topological polar surface area (TPSA) is 49.3 Å². The zero-order chi connectivity index (χ0) is 22.2. The molecule has 1 atom stereocenters. The first-order valence-corrected chi connectivity index (χ1v) is 11.6. The van der Waals surface area contributed by atoms with Crippen molar-refractivity contribution >= 4 is 5.91 Å². The van der Waals surface area contributed by atoms with Crippen LogP contribution in [0.15, 0.2) is 73.1 Å². The number of piperidine rings is 1. The Morgan fingerprint density at radius 2 is 1.91 bits per heavy atom. The van der Waals surface area contributed by atoms with Crippen LogP contribution in [0.4, 0.5) is 0 Å². The highest BCUT2D eigenvalue weighted by molar-refractivity contribution is 5.93. The number of benzene rings is 1. The number of likely N-dealkylation sites (tertiary alicyclic amines) is 1. The van der Waals surface area contributed by atoms with Crippen molar-refractivity contribution in [3.8, 4) is 0 Å². The van der Waals surface area contributed by atoms with Gasteiger partial charge in [-0.05, 0) is 62.1 Å². The number of hydrogen-bond acceptors (Lipinski definition) is 4. The molecule has 1 saturated heterocycles. The van der Waals surface area contributed by atoms with Gasteiger partial charge in [-0.25, -0.2) is 0 Å². The molecule has 0 unspecified atom stereocenters. The summed E-state index contributed by atoms with van der Waals surface area (Å²) in [5, 5.41) is 0. The molecule has 0 saturated carbocycles. The molecule has 1 aliphatic rings. The summed E-state index contributed by atoms with van der Waals surface area (Å²) < 4.78 is 0. The SMILES string of the molecule is CN(CCCc1ccccc1)C(=O)c1ccc([C@H]2CCCN(Cc3ccccn3)C2)nc1. The third-order valence-electron chi connectivity index (χ3n) is 6.22. The summed E-state index contributed by atoms with van der Waals surface area (Å²) in [6, 6.07) is 20.5. The summed E-state index contributed by atoms with van der Waals surface area (Å²) >= 11 is 0. The Bertz CT molecular complexity index is 976. The van der Waals surface area contributed by atoms with Crippen molar-refractivity contribution in [1.29, 1.82) is 0 Å². The third-order valence-corrected chi connectivity index (χ3v) is 6.22. The Morgan fingerprint density at radius 1 is 1.06 bits per heavy atom. The van der Waals surface area contributed by atoms with Crippen molar-refractivity contribution in [1.82, 2.24) is 19.8 Å². The van der Waals surface area contributed by atoms with Gasteiger partial charge in [0.2, 0.25) is 0 Å². The van der Waals surface area contributed by atoms with E-state index in [2.05, 4.69) is 45.2 Å². The zero-order valence-corrected chi connectivity index (χ0v) is 18.9. The van der Waals surface area contributed by atoms with Gasteiger partial charge in [0.15, 0.2) is 0 Å². The summed E-state index contributed by atoms with van der Waals surface area (Å²) in [5.74, 6) is 0.442. The molecule has 166 valence electrons. The monoisotopic (exact) mass is 428 g/mol. The van der Waals surface area contributed by atoms with Crippen molar-refractivity contribution in [3.63, 3.8) is 0 Å². The highest BCUT2D eigenvalue weighted by atomic mass is 16.2. The van der Waals surface area contributed by atoms with Gasteiger partial charge in [0.05, 0.1) is 11.3 Å². The molecule has 1 aliphatic heterocycles. The fourth-order valence-corrected chi connectivity index (χ4v) is 4.42. The van der Waals surface area contributed by atoms with Crippen molar-refractivity contribution in [2.24, 2.45) is 0 Å². The number of rotatable bonds is 8. The zero-order valence-electron chi connectivity index (χ0n) is 18.9. The molecule has 0 radical (unpaired) electrons. The molecular formula is C27H32N4O. The van der Waals surface area contributed by atoms with Crippen LogP contribution in [0.2, 0.25) is 0 Å². The van der Waals surface area contributed by atoms with Gasteiger partial charge >= 0.3 is 0 Å². The minimum Gasteiger partial charge on any atom is -0.342 e. The maximum Gasteiger partial charge on any atom is 0.255 e. The number of nitrogens with zero attached hydrogens (tertiary/aromatic N) is 4. The lowest BCUT2D eigenvalue weighted by Crippen LogP contribution is -2.34. The average molecular weight is 429 g/mol. The van der Waals surface area contributed by atoms with Crippen molar-refractivity contribution < 1.29 is 4.79 Å². The van der Waals surface area contributed by atoms with E-state index in [0.29, 0.717) is 11.5 Å². The smallest absolute Gasteiger partial charge is 0.255 e. The highest BCUT2D eigenvalue weighted by Crippen LogP contribution is 2.26. The molecule has 3 aromatic rings. The standard InChI is InChI=1S/C27H32N4O/c1-30(17-7-11-22-9-3-2-4-10-22)27(32)23-14-15-26(29-19-23)24-12-8-18-31(20-24)21-25-13-5-6-16-28-25/h2-6,9-10,13-16,19,24H,7-8,11-12,17-18,20-21H2,1H3/t24-/m0/s1. The van der Waals surface area contributed by atoms with E-state index in [1.807, 2.05) is 43.6 Å². The first-order chi connectivity index (χ1) is 15.7. The molecule has 32 heavy (non-hydrogen) atoms. The normalized spacial score (nSPS) is 16.6. The largest absolute Gasteiger partial charge is 0.342 e. The van der Waals surface area contributed by atoms with Crippen LogP contribution in [-0.2, 0) is 13.0 Å². The minimum atomic E-state index is 0.0394. The van der Waals surface area contributed by atoms with Gasteiger partial charge in [-0.3, -0.25) is 19.7 Å². The van der Waals surface area contributed by atoms with E-state index in [0.717, 1.165) is 63.3 Å². The fraction of sp³-hybridized carbons (Fsp3) is 0.370. The van der Waals surface area contributed by atoms with Crippen LogP contribution < -0.4 is 0 Å². The molecule has 5 heteroatoms. The second-order valence-electron chi connectivity index (χ2n) is 8.68. The molecule has 4 rings (SSSR count). The number of carbonyl (C=O) groups is 1. The molecule has 5 nitrogen and oxygen atoms in total. The van der Waals surface area contributed by atoms with Crippen LogP contribution in [0.3, 0.4) is 0 Å². The van der Waals surface area contributed by atoms with Crippen LogP contribution in [0.5, 0.6) is 0 Å². The van der Waals surface area contributed by atoms with Crippen LogP contribution in [-0.4, -0.2) is 52.4 Å². The average Bonchev–Trinajstić information content (AvgIpc) is 2.85. The van der Waals surface area contributed by atoms with Crippen molar-refractivity contribution in [2.45, 2.75) is 38.1 Å². The molecule has 0 N–H and O–H groups in total. The second-order valence-corrected chi connectivity index (χ2v) is 8.68. The van der Waals surface area contributed by atoms with E-state index >= 15 is 0 Å². The van der Waals surface area contributed by atoms with Gasteiger partial charge in [-0.1, -0.05) is 36.4 Å². The molecule has 2 aromatic heterocycles. The molecule has 0 bridgehead atoms. The first-order valence-electron chi connectivity index (χ1n) is 11.6.